The Morgan fingerprint density at radius 3 is 2.49 bits per heavy atom. The van der Waals surface area contributed by atoms with Gasteiger partial charge in [-0.2, -0.15) is 13.2 Å². The van der Waals surface area contributed by atoms with E-state index >= 15 is 0 Å². The molecule has 0 aliphatic carbocycles. The molecule has 1 fully saturated rings. The molecule has 3 aromatic rings. The number of likely N-dealkylation sites (tertiary alicyclic amines) is 1. The number of ketones is 1. The highest BCUT2D eigenvalue weighted by molar-refractivity contribution is 7.10. The number of alkyl halides is 3. The lowest BCUT2D eigenvalue weighted by molar-refractivity contribution is -0.140. The summed E-state index contributed by atoms with van der Waals surface area (Å²) in [4.78, 5) is 28.1. The smallest absolute Gasteiger partial charge is 0.416 e. The summed E-state index contributed by atoms with van der Waals surface area (Å²) in [5.41, 5.74) is 0.364. The number of aliphatic hydroxyl groups is 1. The van der Waals surface area contributed by atoms with Gasteiger partial charge in [-0.3, -0.25) is 9.59 Å². The van der Waals surface area contributed by atoms with Crippen LogP contribution in [0.15, 0.2) is 65.6 Å². The van der Waals surface area contributed by atoms with Crippen LogP contribution in [0.25, 0.3) is 5.76 Å². The molecule has 1 unspecified atom stereocenters. The average Bonchev–Trinajstić information content (AvgIpc) is 3.45. The largest absolute Gasteiger partial charge is 0.507 e. The fourth-order valence-corrected chi connectivity index (χ4v) is 5.04. The number of Topliss-reactive ketones (excluding diaryl/α,β-unsaturated/α-hetero) is 1. The maximum Gasteiger partial charge on any atom is 0.416 e. The number of carbonyl (C=O) groups is 2. The van der Waals surface area contributed by atoms with Gasteiger partial charge in [0.25, 0.3) is 11.7 Å². The van der Waals surface area contributed by atoms with Crippen molar-refractivity contribution in [2.45, 2.75) is 39.5 Å². The predicted octanol–water partition coefficient (Wildman–Crippen LogP) is 6.73. The van der Waals surface area contributed by atoms with Gasteiger partial charge in [0.1, 0.15) is 11.5 Å². The van der Waals surface area contributed by atoms with Crippen molar-refractivity contribution >= 4 is 28.8 Å². The molecule has 1 saturated heterocycles. The molecule has 0 radical (unpaired) electrons. The molecule has 0 bridgehead atoms. The number of carbonyl (C=O) groups excluding carboxylic acids is 2. The monoisotopic (exact) mass is 529 g/mol. The predicted molar refractivity (Wildman–Crippen MR) is 135 cm³/mol. The maximum atomic E-state index is 13.2. The van der Waals surface area contributed by atoms with E-state index in [9.17, 15) is 27.9 Å². The average molecular weight is 530 g/mol. The Morgan fingerprint density at radius 2 is 1.86 bits per heavy atom. The molecule has 1 N–H and O–H groups in total. The van der Waals surface area contributed by atoms with E-state index in [1.807, 2.05) is 20.8 Å². The Morgan fingerprint density at radius 1 is 1.11 bits per heavy atom. The quantitative estimate of drug-likeness (QED) is 0.209. The number of hydrogen-bond acceptors (Lipinski definition) is 5. The van der Waals surface area contributed by atoms with E-state index < -0.39 is 29.5 Å². The highest BCUT2D eigenvalue weighted by Gasteiger charge is 2.46. The minimum Gasteiger partial charge on any atom is -0.507 e. The van der Waals surface area contributed by atoms with E-state index in [0.29, 0.717) is 28.7 Å². The molecule has 194 valence electrons. The minimum atomic E-state index is -4.54. The Labute approximate surface area is 216 Å². The van der Waals surface area contributed by atoms with Crippen molar-refractivity contribution in [3.05, 3.63) is 92.7 Å². The van der Waals surface area contributed by atoms with Crippen LogP contribution in [-0.2, 0) is 22.3 Å². The zero-order valence-electron chi connectivity index (χ0n) is 20.5. The second-order valence-corrected chi connectivity index (χ2v) is 10.3. The molecule has 1 atom stereocenters. The summed E-state index contributed by atoms with van der Waals surface area (Å²) in [6.45, 7) is 6.16. The fraction of sp³-hybridized carbons (Fsp3) is 0.286. The van der Waals surface area contributed by atoms with Crippen LogP contribution in [0.3, 0.4) is 0 Å². The number of amides is 1. The fourth-order valence-electron chi connectivity index (χ4n) is 4.20. The third kappa shape index (κ3) is 5.56. The standard InChI is InChI=1S/C28H26F3NO4S/c1-16(2)15-36-21-10-9-19(12-17(21)3)25(33)23-24(22-8-5-11-37-22)32(27(35)26(23)34)14-18-6-4-7-20(13-18)28(29,30)31/h4-13,16,24,33H,14-15H2,1-3H3/b25-23-. The summed E-state index contributed by atoms with van der Waals surface area (Å²) in [5.74, 6) is -1.15. The number of benzene rings is 2. The van der Waals surface area contributed by atoms with Crippen LogP contribution in [0.2, 0.25) is 0 Å². The Kier molecular flexibility index (Phi) is 7.45. The molecule has 4 rings (SSSR count). The molecule has 5 nitrogen and oxygen atoms in total. The van der Waals surface area contributed by atoms with Gasteiger partial charge in [-0.1, -0.05) is 32.0 Å². The first-order valence-corrected chi connectivity index (χ1v) is 12.6. The summed E-state index contributed by atoms with van der Waals surface area (Å²) >= 11 is 1.29. The van der Waals surface area contributed by atoms with Crippen LogP contribution in [0.4, 0.5) is 13.2 Å². The van der Waals surface area contributed by atoms with Gasteiger partial charge in [0, 0.05) is 17.0 Å². The van der Waals surface area contributed by atoms with Crippen LogP contribution in [0.5, 0.6) is 5.75 Å². The number of thiophene rings is 1. The highest BCUT2D eigenvalue weighted by Crippen LogP contribution is 2.42. The third-order valence-corrected chi connectivity index (χ3v) is 6.91. The van der Waals surface area contributed by atoms with Crippen molar-refractivity contribution in [3.63, 3.8) is 0 Å². The molecule has 2 heterocycles. The lowest BCUT2D eigenvalue weighted by Gasteiger charge is -2.24. The van der Waals surface area contributed by atoms with E-state index in [0.717, 1.165) is 17.7 Å². The van der Waals surface area contributed by atoms with Crippen molar-refractivity contribution in [2.75, 3.05) is 6.61 Å². The Bertz CT molecular complexity index is 1350. The molecule has 2 aromatic carbocycles. The molecule has 0 spiro atoms. The molecule has 1 aliphatic heterocycles. The van der Waals surface area contributed by atoms with Gasteiger partial charge in [0.05, 0.1) is 23.8 Å². The summed E-state index contributed by atoms with van der Waals surface area (Å²) in [7, 11) is 0. The molecule has 1 aliphatic rings. The molecule has 1 amide bonds. The van der Waals surface area contributed by atoms with Crippen molar-refractivity contribution in [2.24, 2.45) is 5.92 Å². The van der Waals surface area contributed by atoms with E-state index in [1.165, 1.54) is 28.4 Å². The number of ether oxygens (including phenoxy) is 1. The summed E-state index contributed by atoms with van der Waals surface area (Å²) in [5, 5.41) is 13.0. The molecule has 37 heavy (non-hydrogen) atoms. The minimum absolute atomic E-state index is 0.102. The topological polar surface area (TPSA) is 66.8 Å². The van der Waals surface area contributed by atoms with E-state index in [-0.39, 0.29) is 23.4 Å². The number of halogens is 3. The van der Waals surface area contributed by atoms with Gasteiger partial charge in [-0.25, -0.2) is 0 Å². The number of nitrogens with zero attached hydrogens (tertiary/aromatic N) is 1. The molecule has 9 heteroatoms. The summed E-state index contributed by atoms with van der Waals surface area (Å²) < 4.78 is 45.5. The van der Waals surface area contributed by atoms with Crippen LogP contribution in [0.1, 0.15) is 47.0 Å². The second kappa shape index (κ2) is 10.4. The SMILES string of the molecule is Cc1cc(/C(O)=C2/C(=O)C(=O)N(Cc3cccc(C(F)(F)F)c3)C2c2cccs2)ccc1OCC(C)C. The summed E-state index contributed by atoms with van der Waals surface area (Å²) in [6.07, 6.45) is -4.54. The van der Waals surface area contributed by atoms with E-state index in [2.05, 4.69) is 0 Å². The van der Waals surface area contributed by atoms with Gasteiger partial charge < -0.3 is 14.7 Å². The lowest BCUT2D eigenvalue weighted by atomic mass is 9.98. The van der Waals surface area contributed by atoms with Crippen LogP contribution >= 0.6 is 11.3 Å². The summed E-state index contributed by atoms with van der Waals surface area (Å²) in [6, 6.07) is 12.2. The van der Waals surface area contributed by atoms with Gasteiger partial charge >= 0.3 is 6.18 Å². The second-order valence-electron chi connectivity index (χ2n) is 9.33. The normalized spacial score (nSPS) is 17.6. The van der Waals surface area contributed by atoms with Crippen molar-refractivity contribution < 1.29 is 32.6 Å². The molecule has 1 aromatic heterocycles. The molecular formula is C28H26F3NO4S. The van der Waals surface area contributed by atoms with Gasteiger partial charge in [-0.15, -0.1) is 11.3 Å². The Balaban J connectivity index is 1.74. The number of hydrogen-bond donors (Lipinski definition) is 1. The van der Waals surface area contributed by atoms with Gasteiger partial charge in [-0.05, 0) is 65.7 Å². The van der Waals surface area contributed by atoms with Crippen molar-refractivity contribution in [3.8, 4) is 5.75 Å². The van der Waals surface area contributed by atoms with E-state index in [1.54, 1.807) is 35.7 Å². The first-order valence-electron chi connectivity index (χ1n) is 11.7. The maximum absolute atomic E-state index is 13.2. The molecule has 0 saturated carbocycles. The zero-order chi connectivity index (χ0) is 26.9. The van der Waals surface area contributed by atoms with Crippen molar-refractivity contribution in [1.29, 1.82) is 0 Å². The van der Waals surface area contributed by atoms with Crippen molar-refractivity contribution in [1.82, 2.24) is 4.90 Å². The number of aliphatic hydroxyl groups excluding tert-OH is 1. The van der Waals surface area contributed by atoms with Crippen LogP contribution in [-0.4, -0.2) is 28.3 Å². The number of aryl methyl sites for hydroxylation is 1. The highest BCUT2D eigenvalue weighted by atomic mass is 32.1. The first kappa shape index (κ1) is 26.5. The van der Waals surface area contributed by atoms with Gasteiger partial charge in [0.2, 0.25) is 0 Å². The number of rotatable bonds is 7. The first-order chi connectivity index (χ1) is 17.5. The van der Waals surface area contributed by atoms with Crippen LogP contribution < -0.4 is 4.74 Å². The molecular weight excluding hydrogens is 503 g/mol. The zero-order valence-corrected chi connectivity index (χ0v) is 21.3. The Hall–Kier alpha value is -3.59. The van der Waals surface area contributed by atoms with Gasteiger partial charge in [0.15, 0.2) is 0 Å². The lowest BCUT2D eigenvalue weighted by Crippen LogP contribution is -2.29. The van der Waals surface area contributed by atoms with E-state index in [4.69, 9.17) is 4.74 Å². The third-order valence-electron chi connectivity index (χ3n) is 5.98. The van der Waals surface area contributed by atoms with Crippen LogP contribution in [0, 0.1) is 12.8 Å².